The van der Waals surface area contributed by atoms with Crippen LogP contribution in [0.25, 0.3) is 0 Å². The molecule has 0 heterocycles. The molecule has 0 aliphatic heterocycles. The van der Waals surface area contributed by atoms with Gasteiger partial charge in [0.1, 0.15) is 5.75 Å². The minimum absolute atomic E-state index is 0.628. The van der Waals surface area contributed by atoms with E-state index in [2.05, 4.69) is 0 Å². The van der Waals surface area contributed by atoms with E-state index in [1.54, 1.807) is 6.07 Å². The summed E-state index contributed by atoms with van der Waals surface area (Å²) in [6.07, 6.45) is 6.62. The minimum atomic E-state index is 0.628. The summed E-state index contributed by atoms with van der Waals surface area (Å²) in [6, 6.07) is 5.40. The van der Waals surface area contributed by atoms with E-state index in [-0.39, 0.29) is 0 Å². The van der Waals surface area contributed by atoms with Crippen LogP contribution in [0.1, 0.15) is 32.1 Å². The Kier molecular flexibility index (Phi) is 3.94. The van der Waals surface area contributed by atoms with Gasteiger partial charge in [-0.15, -0.1) is 0 Å². The van der Waals surface area contributed by atoms with Crippen LogP contribution in [0, 0.1) is 5.92 Å². The molecule has 1 aliphatic rings. The predicted molar refractivity (Wildman–Crippen MR) is 67.9 cm³/mol. The Hall–Kier alpha value is -0.890. The van der Waals surface area contributed by atoms with Crippen LogP contribution in [0.4, 0.5) is 5.69 Å². The maximum atomic E-state index is 5.83. The molecule has 0 aromatic heterocycles. The third-order valence-electron chi connectivity index (χ3n) is 3.17. The van der Waals surface area contributed by atoms with Crippen molar-refractivity contribution in [3.63, 3.8) is 0 Å². The molecule has 0 spiro atoms. The second-order valence-corrected chi connectivity index (χ2v) is 4.93. The first-order valence-corrected chi connectivity index (χ1v) is 6.31. The molecule has 88 valence electrons. The van der Waals surface area contributed by atoms with Crippen molar-refractivity contribution in [3.05, 3.63) is 23.2 Å². The number of benzene rings is 1. The molecule has 1 saturated carbocycles. The first-order valence-electron chi connectivity index (χ1n) is 5.93. The van der Waals surface area contributed by atoms with Crippen molar-refractivity contribution in [3.8, 4) is 5.75 Å². The van der Waals surface area contributed by atoms with Crippen LogP contribution in [0.2, 0.25) is 5.02 Å². The molecular formula is C13H18ClNO. The fourth-order valence-corrected chi connectivity index (χ4v) is 2.39. The fourth-order valence-electron chi connectivity index (χ4n) is 2.21. The lowest BCUT2D eigenvalue weighted by atomic mass is 9.90. The van der Waals surface area contributed by atoms with Crippen LogP contribution >= 0.6 is 11.6 Å². The Morgan fingerprint density at radius 1 is 1.25 bits per heavy atom. The zero-order valence-corrected chi connectivity index (χ0v) is 10.2. The van der Waals surface area contributed by atoms with Gasteiger partial charge < -0.3 is 10.5 Å². The Labute approximate surface area is 102 Å². The van der Waals surface area contributed by atoms with Crippen LogP contribution < -0.4 is 10.5 Å². The highest BCUT2D eigenvalue weighted by Gasteiger charge is 2.14. The minimum Gasteiger partial charge on any atom is -0.491 e. The molecule has 1 aromatic rings. The second kappa shape index (κ2) is 5.44. The number of halogens is 1. The topological polar surface area (TPSA) is 35.2 Å². The molecule has 16 heavy (non-hydrogen) atoms. The molecule has 0 radical (unpaired) electrons. The molecule has 1 aliphatic carbocycles. The molecule has 2 N–H and O–H groups in total. The van der Waals surface area contributed by atoms with Gasteiger partial charge in [0.05, 0.1) is 12.3 Å². The molecule has 2 nitrogen and oxygen atoms in total. The van der Waals surface area contributed by atoms with Crippen LogP contribution in [0.3, 0.4) is 0 Å². The summed E-state index contributed by atoms with van der Waals surface area (Å²) in [6.45, 7) is 0.784. The largest absolute Gasteiger partial charge is 0.491 e. The van der Waals surface area contributed by atoms with Gasteiger partial charge in [0.15, 0.2) is 0 Å². The fraction of sp³-hybridized carbons (Fsp3) is 0.538. The zero-order valence-electron chi connectivity index (χ0n) is 9.42. The molecule has 1 fully saturated rings. The monoisotopic (exact) mass is 239 g/mol. The highest BCUT2D eigenvalue weighted by atomic mass is 35.5. The molecule has 0 saturated heterocycles. The Balaban J connectivity index is 1.88. The van der Waals surface area contributed by atoms with Crippen molar-refractivity contribution in [1.82, 2.24) is 0 Å². The highest BCUT2D eigenvalue weighted by Crippen LogP contribution is 2.28. The molecule has 0 atom stereocenters. The van der Waals surface area contributed by atoms with Crippen molar-refractivity contribution < 1.29 is 4.74 Å². The maximum Gasteiger partial charge on any atom is 0.142 e. The van der Waals surface area contributed by atoms with E-state index in [1.165, 1.54) is 32.1 Å². The first kappa shape index (κ1) is 11.6. The van der Waals surface area contributed by atoms with E-state index in [0.717, 1.165) is 12.4 Å². The number of anilines is 1. The van der Waals surface area contributed by atoms with Crippen molar-refractivity contribution >= 4 is 17.3 Å². The number of nitrogens with two attached hydrogens (primary N) is 1. The van der Waals surface area contributed by atoms with E-state index in [9.17, 15) is 0 Å². The maximum absolute atomic E-state index is 5.83. The van der Waals surface area contributed by atoms with Crippen LogP contribution in [-0.2, 0) is 0 Å². The summed E-state index contributed by atoms with van der Waals surface area (Å²) in [5.74, 6) is 1.46. The number of nitrogen functional groups attached to an aromatic ring is 1. The van der Waals surface area contributed by atoms with E-state index in [1.807, 2.05) is 12.1 Å². The van der Waals surface area contributed by atoms with Gasteiger partial charge in [-0.1, -0.05) is 30.9 Å². The number of ether oxygens (including phenoxy) is 1. The molecule has 1 aromatic carbocycles. The lowest BCUT2D eigenvalue weighted by Crippen LogP contribution is -2.15. The molecule has 2 rings (SSSR count). The summed E-state index contributed by atoms with van der Waals surface area (Å²) in [7, 11) is 0. The van der Waals surface area contributed by atoms with Gasteiger partial charge in [0.25, 0.3) is 0 Å². The standard InChI is InChI=1S/C13H18ClNO/c14-11-6-7-13(12(15)8-11)16-9-10-4-2-1-3-5-10/h6-8,10H,1-5,9,15H2. The van der Waals surface area contributed by atoms with Gasteiger partial charge in [-0.05, 0) is 37.0 Å². The van der Waals surface area contributed by atoms with Gasteiger partial charge in [-0.2, -0.15) is 0 Å². The van der Waals surface area contributed by atoms with Crippen LogP contribution in [0.5, 0.6) is 5.75 Å². The van der Waals surface area contributed by atoms with Gasteiger partial charge in [0, 0.05) is 5.02 Å². The third-order valence-corrected chi connectivity index (χ3v) is 3.41. The summed E-state index contributed by atoms with van der Waals surface area (Å²) < 4.78 is 5.75. The van der Waals surface area contributed by atoms with Crippen molar-refractivity contribution in [1.29, 1.82) is 0 Å². The van der Waals surface area contributed by atoms with E-state index in [0.29, 0.717) is 16.6 Å². The first-order chi connectivity index (χ1) is 7.75. The zero-order chi connectivity index (χ0) is 11.4. The molecular weight excluding hydrogens is 222 g/mol. The summed E-state index contributed by atoms with van der Waals surface area (Å²) in [5, 5.41) is 0.655. The van der Waals surface area contributed by atoms with Crippen LogP contribution in [-0.4, -0.2) is 6.61 Å². The number of rotatable bonds is 3. The van der Waals surface area contributed by atoms with Gasteiger partial charge in [-0.25, -0.2) is 0 Å². The third kappa shape index (κ3) is 3.05. The van der Waals surface area contributed by atoms with Gasteiger partial charge >= 0.3 is 0 Å². The van der Waals surface area contributed by atoms with Gasteiger partial charge in [-0.3, -0.25) is 0 Å². The van der Waals surface area contributed by atoms with Crippen LogP contribution in [0.15, 0.2) is 18.2 Å². The Morgan fingerprint density at radius 3 is 2.69 bits per heavy atom. The molecule has 0 bridgehead atoms. The predicted octanol–water partition coefficient (Wildman–Crippen LogP) is 3.88. The van der Waals surface area contributed by atoms with E-state index in [4.69, 9.17) is 22.1 Å². The van der Waals surface area contributed by atoms with Crippen molar-refractivity contribution in [2.75, 3.05) is 12.3 Å². The summed E-state index contributed by atoms with van der Waals surface area (Å²) >= 11 is 5.83. The highest BCUT2D eigenvalue weighted by molar-refractivity contribution is 6.30. The Bertz CT molecular complexity index is 348. The van der Waals surface area contributed by atoms with E-state index < -0.39 is 0 Å². The average Bonchev–Trinajstić information content (AvgIpc) is 2.29. The average molecular weight is 240 g/mol. The lowest BCUT2D eigenvalue weighted by Gasteiger charge is -2.22. The quantitative estimate of drug-likeness (QED) is 0.813. The van der Waals surface area contributed by atoms with Gasteiger partial charge in [0.2, 0.25) is 0 Å². The summed E-state index contributed by atoms with van der Waals surface area (Å²) in [4.78, 5) is 0. The molecule has 3 heteroatoms. The number of hydrogen-bond acceptors (Lipinski definition) is 2. The molecule has 0 amide bonds. The van der Waals surface area contributed by atoms with E-state index >= 15 is 0 Å². The Morgan fingerprint density at radius 2 is 2.00 bits per heavy atom. The second-order valence-electron chi connectivity index (χ2n) is 4.50. The smallest absolute Gasteiger partial charge is 0.142 e. The number of hydrogen-bond donors (Lipinski definition) is 1. The van der Waals surface area contributed by atoms with Crippen molar-refractivity contribution in [2.45, 2.75) is 32.1 Å². The lowest BCUT2D eigenvalue weighted by molar-refractivity contribution is 0.209. The SMILES string of the molecule is Nc1cc(Cl)ccc1OCC1CCCCC1. The normalized spacial score (nSPS) is 17.3. The molecule has 0 unspecified atom stereocenters. The summed E-state index contributed by atoms with van der Waals surface area (Å²) in [5.41, 5.74) is 6.46. The van der Waals surface area contributed by atoms with Crippen molar-refractivity contribution in [2.24, 2.45) is 5.92 Å².